The summed E-state index contributed by atoms with van der Waals surface area (Å²) in [5, 5.41) is 9.49. The van der Waals surface area contributed by atoms with Gasteiger partial charge in [0.05, 0.1) is 7.11 Å². The van der Waals surface area contributed by atoms with Crippen LogP contribution in [0.2, 0.25) is 0 Å². The predicted molar refractivity (Wildman–Crippen MR) is 101 cm³/mol. The lowest BCUT2D eigenvalue weighted by atomic mass is 9.94. The van der Waals surface area contributed by atoms with Crippen LogP contribution in [0.25, 0.3) is 0 Å². The molecule has 26 heavy (non-hydrogen) atoms. The number of piperazine rings is 1. The van der Waals surface area contributed by atoms with E-state index in [9.17, 15) is 5.11 Å². The second kappa shape index (κ2) is 8.03. The Balaban J connectivity index is 1.68. The van der Waals surface area contributed by atoms with Gasteiger partial charge in [-0.05, 0) is 29.5 Å². The van der Waals surface area contributed by atoms with Crippen LogP contribution >= 0.6 is 0 Å². The van der Waals surface area contributed by atoms with Gasteiger partial charge < -0.3 is 19.3 Å². The van der Waals surface area contributed by atoms with Gasteiger partial charge in [-0.1, -0.05) is 20.8 Å². The van der Waals surface area contributed by atoms with Crippen molar-refractivity contribution >= 4 is 0 Å². The van der Waals surface area contributed by atoms with E-state index in [4.69, 9.17) is 14.2 Å². The van der Waals surface area contributed by atoms with Gasteiger partial charge in [0.2, 0.25) is 12.5 Å². The molecule has 6 heteroatoms. The highest BCUT2D eigenvalue weighted by molar-refractivity contribution is 5.55. The van der Waals surface area contributed by atoms with E-state index in [1.54, 1.807) is 7.11 Å². The number of aliphatic hydroxyl groups is 1. The molecular weight excluding hydrogens is 332 g/mol. The number of benzene rings is 1. The van der Waals surface area contributed by atoms with Crippen molar-refractivity contribution in [2.45, 2.75) is 39.8 Å². The van der Waals surface area contributed by atoms with Gasteiger partial charge in [0.25, 0.3) is 0 Å². The van der Waals surface area contributed by atoms with Gasteiger partial charge in [-0.15, -0.1) is 0 Å². The fraction of sp³-hybridized carbons (Fsp3) is 0.700. The highest BCUT2D eigenvalue weighted by Crippen LogP contribution is 2.42. The molecule has 1 aromatic rings. The summed E-state index contributed by atoms with van der Waals surface area (Å²) in [5.74, 6) is 2.19. The Labute approximate surface area is 156 Å². The average Bonchev–Trinajstić information content (AvgIpc) is 3.04. The Hall–Kier alpha value is -1.50. The maximum absolute atomic E-state index is 9.49. The van der Waals surface area contributed by atoms with Crippen molar-refractivity contribution in [3.05, 3.63) is 17.7 Å². The molecule has 0 spiro atoms. The molecular formula is C20H32N2O4. The zero-order valence-corrected chi connectivity index (χ0v) is 16.5. The van der Waals surface area contributed by atoms with Crippen molar-refractivity contribution in [2.24, 2.45) is 5.41 Å². The minimum Gasteiger partial charge on any atom is -0.493 e. The summed E-state index contributed by atoms with van der Waals surface area (Å²) in [6.45, 7) is 12.2. The van der Waals surface area contributed by atoms with Crippen LogP contribution in [0, 0.1) is 5.41 Å². The summed E-state index contributed by atoms with van der Waals surface area (Å²) < 4.78 is 16.5. The number of hydrogen-bond acceptors (Lipinski definition) is 6. The molecule has 1 atom stereocenters. The van der Waals surface area contributed by atoms with Crippen molar-refractivity contribution in [1.82, 2.24) is 9.80 Å². The van der Waals surface area contributed by atoms with E-state index in [-0.39, 0.29) is 18.8 Å². The van der Waals surface area contributed by atoms with E-state index in [1.807, 2.05) is 12.1 Å². The number of fused-ring (bicyclic) bond motifs is 1. The molecule has 1 aromatic carbocycles. The zero-order chi connectivity index (χ0) is 18.7. The Morgan fingerprint density at radius 3 is 2.73 bits per heavy atom. The molecule has 1 N–H and O–H groups in total. The molecule has 6 nitrogen and oxygen atoms in total. The number of aliphatic hydroxyl groups excluding tert-OH is 1. The topological polar surface area (TPSA) is 54.4 Å². The second-order valence-electron chi connectivity index (χ2n) is 8.46. The Morgan fingerprint density at radius 1 is 1.23 bits per heavy atom. The van der Waals surface area contributed by atoms with E-state index in [1.165, 1.54) is 0 Å². The standard InChI is InChI=1S/C20H32N2O4/c1-20(2,3)13-22-7-6-21(12-16(22)5-8-23)11-15-9-17(24-4)19-18(10-15)25-14-26-19/h9-10,16,23H,5-8,11-14H2,1-4H3/t16-/m1/s1. The van der Waals surface area contributed by atoms with E-state index in [2.05, 4.69) is 30.6 Å². The molecule has 0 unspecified atom stereocenters. The molecule has 146 valence electrons. The first-order valence-corrected chi connectivity index (χ1v) is 9.43. The van der Waals surface area contributed by atoms with Crippen LogP contribution < -0.4 is 14.2 Å². The van der Waals surface area contributed by atoms with Crippen LogP contribution in [0.3, 0.4) is 0 Å². The van der Waals surface area contributed by atoms with E-state index in [0.717, 1.165) is 56.2 Å². The summed E-state index contributed by atoms with van der Waals surface area (Å²) >= 11 is 0. The van der Waals surface area contributed by atoms with Crippen molar-refractivity contribution in [3.8, 4) is 17.2 Å². The highest BCUT2D eigenvalue weighted by atomic mass is 16.7. The van der Waals surface area contributed by atoms with E-state index >= 15 is 0 Å². The van der Waals surface area contributed by atoms with Gasteiger partial charge in [-0.3, -0.25) is 9.80 Å². The highest BCUT2D eigenvalue weighted by Gasteiger charge is 2.30. The molecule has 2 aliphatic heterocycles. The van der Waals surface area contributed by atoms with Gasteiger partial charge in [0.15, 0.2) is 11.5 Å². The lowest BCUT2D eigenvalue weighted by Crippen LogP contribution is -2.54. The van der Waals surface area contributed by atoms with Gasteiger partial charge in [0.1, 0.15) is 0 Å². The smallest absolute Gasteiger partial charge is 0.231 e. The van der Waals surface area contributed by atoms with Crippen molar-refractivity contribution in [3.63, 3.8) is 0 Å². The number of rotatable bonds is 6. The van der Waals surface area contributed by atoms with Crippen LogP contribution in [0.1, 0.15) is 32.8 Å². The lowest BCUT2D eigenvalue weighted by Gasteiger charge is -2.44. The van der Waals surface area contributed by atoms with E-state index < -0.39 is 0 Å². The first-order chi connectivity index (χ1) is 12.4. The molecule has 0 bridgehead atoms. The Morgan fingerprint density at radius 2 is 2.04 bits per heavy atom. The minimum absolute atomic E-state index is 0.233. The summed E-state index contributed by atoms with van der Waals surface area (Å²) in [7, 11) is 1.66. The SMILES string of the molecule is COc1cc(CN2CCN(CC(C)(C)C)[C@H](CCO)C2)cc2c1OCO2. The Bertz CT molecular complexity index is 615. The third-order valence-electron chi connectivity index (χ3n) is 4.95. The number of nitrogens with zero attached hydrogens (tertiary/aromatic N) is 2. The maximum atomic E-state index is 9.49. The third kappa shape index (κ3) is 4.61. The lowest BCUT2D eigenvalue weighted by molar-refractivity contribution is 0.0339. The monoisotopic (exact) mass is 364 g/mol. The summed E-state index contributed by atoms with van der Waals surface area (Å²) in [4.78, 5) is 4.99. The number of hydrogen-bond donors (Lipinski definition) is 1. The average molecular weight is 364 g/mol. The summed E-state index contributed by atoms with van der Waals surface area (Å²) in [6.07, 6.45) is 0.817. The molecule has 3 rings (SSSR count). The van der Waals surface area contributed by atoms with Gasteiger partial charge in [0, 0.05) is 45.4 Å². The van der Waals surface area contributed by atoms with E-state index in [0.29, 0.717) is 11.8 Å². The minimum atomic E-state index is 0.233. The fourth-order valence-corrected chi connectivity index (χ4v) is 3.87. The van der Waals surface area contributed by atoms with Crippen LogP contribution in [0.5, 0.6) is 17.2 Å². The molecule has 0 aromatic heterocycles. The maximum Gasteiger partial charge on any atom is 0.231 e. The fourth-order valence-electron chi connectivity index (χ4n) is 3.87. The van der Waals surface area contributed by atoms with Crippen LogP contribution in [-0.2, 0) is 6.54 Å². The Kier molecular flexibility index (Phi) is 5.95. The molecule has 1 saturated heterocycles. The van der Waals surface area contributed by atoms with Crippen molar-refractivity contribution < 1.29 is 19.3 Å². The summed E-state index contributed by atoms with van der Waals surface area (Å²) in [5.41, 5.74) is 1.43. The van der Waals surface area contributed by atoms with Crippen LogP contribution in [-0.4, -0.2) is 67.6 Å². The molecule has 0 radical (unpaired) electrons. The third-order valence-corrected chi connectivity index (χ3v) is 4.95. The van der Waals surface area contributed by atoms with Crippen molar-refractivity contribution in [1.29, 1.82) is 0 Å². The molecule has 0 saturated carbocycles. The normalized spacial score (nSPS) is 21.2. The number of ether oxygens (including phenoxy) is 3. The van der Waals surface area contributed by atoms with Crippen LogP contribution in [0.4, 0.5) is 0 Å². The van der Waals surface area contributed by atoms with Gasteiger partial charge in [-0.25, -0.2) is 0 Å². The molecule has 0 aliphatic carbocycles. The first kappa shape index (κ1) is 19.3. The predicted octanol–water partition coefficient (Wildman–Crippen LogP) is 2.34. The largest absolute Gasteiger partial charge is 0.493 e. The molecule has 0 amide bonds. The van der Waals surface area contributed by atoms with Gasteiger partial charge >= 0.3 is 0 Å². The summed E-state index contributed by atoms with van der Waals surface area (Å²) in [6, 6.07) is 4.48. The second-order valence-corrected chi connectivity index (χ2v) is 8.46. The zero-order valence-electron chi connectivity index (χ0n) is 16.5. The first-order valence-electron chi connectivity index (χ1n) is 9.43. The quantitative estimate of drug-likeness (QED) is 0.836. The van der Waals surface area contributed by atoms with Crippen molar-refractivity contribution in [2.75, 3.05) is 46.7 Å². The number of methoxy groups -OCH3 is 1. The van der Waals surface area contributed by atoms with Crippen LogP contribution in [0.15, 0.2) is 12.1 Å². The van der Waals surface area contributed by atoms with Gasteiger partial charge in [-0.2, -0.15) is 0 Å². The molecule has 2 heterocycles. The molecule has 1 fully saturated rings. The molecule has 2 aliphatic rings.